The smallest absolute Gasteiger partial charge is 0.339 e. The lowest BCUT2D eigenvalue weighted by molar-refractivity contribution is -0.155. The zero-order valence-corrected chi connectivity index (χ0v) is 11.4. The van der Waals surface area contributed by atoms with Gasteiger partial charge in [0.05, 0.1) is 5.57 Å². The quantitative estimate of drug-likeness (QED) is 0.625. The van der Waals surface area contributed by atoms with Gasteiger partial charge in [-0.15, -0.1) is 11.3 Å². The van der Waals surface area contributed by atoms with Gasteiger partial charge in [0.15, 0.2) is 0 Å². The molecule has 0 aliphatic carbocycles. The van der Waals surface area contributed by atoms with Gasteiger partial charge in [-0.3, -0.25) is 0 Å². The number of carbonyl (C=O) groups is 1. The molecule has 1 aromatic heterocycles. The Bertz CT molecular complexity index is 611. The molecule has 1 unspecified atom stereocenters. The minimum absolute atomic E-state index is 0.0650. The lowest BCUT2D eigenvalue weighted by Crippen LogP contribution is -2.37. The standard InChI is InChI=1S/C16H14O2S/c1-2-12-15(16(17)18-12)14(13-9-6-10-19-13)11-7-4-3-5-8-11/h3-10,12H,2H2,1H3/b15-14-. The third-order valence-electron chi connectivity index (χ3n) is 3.26. The van der Waals surface area contributed by atoms with Crippen LogP contribution in [0.1, 0.15) is 23.8 Å². The Labute approximate surface area is 116 Å². The van der Waals surface area contributed by atoms with Crippen LogP contribution >= 0.6 is 11.3 Å². The van der Waals surface area contributed by atoms with Crippen LogP contribution < -0.4 is 0 Å². The Balaban J connectivity index is 2.18. The molecule has 2 nitrogen and oxygen atoms in total. The number of thiophene rings is 1. The summed E-state index contributed by atoms with van der Waals surface area (Å²) in [5.41, 5.74) is 2.92. The summed E-state index contributed by atoms with van der Waals surface area (Å²) < 4.78 is 5.21. The monoisotopic (exact) mass is 270 g/mol. The number of ether oxygens (including phenoxy) is 1. The Morgan fingerprint density at radius 1 is 1.21 bits per heavy atom. The van der Waals surface area contributed by atoms with E-state index in [1.54, 1.807) is 11.3 Å². The van der Waals surface area contributed by atoms with E-state index in [1.165, 1.54) is 0 Å². The van der Waals surface area contributed by atoms with Gasteiger partial charge in [0.25, 0.3) is 0 Å². The van der Waals surface area contributed by atoms with E-state index in [1.807, 2.05) is 48.7 Å². The lowest BCUT2D eigenvalue weighted by Gasteiger charge is -2.30. The second-order valence-electron chi connectivity index (χ2n) is 4.43. The van der Waals surface area contributed by atoms with Crippen LogP contribution in [-0.4, -0.2) is 12.1 Å². The zero-order valence-electron chi connectivity index (χ0n) is 10.6. The topological polar surface area (TPSA) is 26.3 Å². The first kappa shape index (κ1) is 12.2. The van der Waals surface area contributed by atoms with Gasteiger partial charge in [-0.25, -0.2) is 4.79 Å². The first-order valence-electron chi connectivity index (χ1n) is 6.35. The minimum Gasteiger partial charge on any atom is -0.454 e. The van der Waals surface area contributed by atoms with Crippen molar-refractivity contribution in [1.82, 2.24) is 0 Å². The second-order valence-corrected chi connectivity index (χ2v) is 5.38. The predicted octanol–water partition coefficient (Wildman–Crippen LogP) is 3.89. The van der Waals surface area contributed by atoms with Crippen LogP contribution in [0.4, 0.5) is 0 Å². The van der Waals surface area contributed by atoms with Crippen molar-refractivity contribution in [3.63, 3.8) is 0 Å². The maximum absolute atomic E-state index is 11.8. The number of benzene rings is 1. The van der Waals surface area contributed by atoms with Crippen LogP contribution in [0.2, 0.25) is 0 Å². The summed E-state index contributed by atoms with van der Waals surface area (Å²) in [4.78, 5) is 13.0. The molecule has 0 N–H and O–H groups in total. The fourth-order valence-electron chi connectivity index (χ4n) is 2.33. The molecule has 1 aliphatic heterocycles. The third-order valence-corrected chi connectivity index (χ3v) is 4.15. The number of hydrogen-bond donors (Lipinski definition) is 0. The van der Waals surface area contributed by atoms with Crippen molar-refractivity contribution in [3.05, 3.63) is 63.9 Å². The summed E-state index contributed by atoms with van der Waals surface area (Å²) in [5, 5.41) is 2.03. The first-order valence-corrected chi connectivity index (χ1v) is 7.23. The molecule has 1 aromatic carbocycles. The number of hydrogen-bond acceptors (Lipinski definition) is 3. The molecule has 2 aromatic rings. The molecule has 3 heteroatoms. The van der Waals surface area contributed by atoms with Crippen LogP contribution in [0.3, 0.4) is 0 Å². The molecule has 0 saturated carbocycles. The van der Waals surface area contributed by atoms with E-state index in [2.05, 4.69) is 6.07 Å². The van der Waals surface area contributed by atoms with Crippen molar-refractivity contribution in [3.8, 4) is 0 Å². The molecular formula is C16H14O2S. The van der Waals surface area contributed by atoms with Gasteiger partial charge in [0, 0.05) is 10.5 Å². The Morgan fingerprint density at radius 2 is 2.00 bits per heavy atom. The molecule has 1 aliphatic rings. The van der Waals surface area contributed by atoms with Gasteiger partial charge in [0.1, 0.15) is 6.10 Å². The normalized spacial score (nSPS) is 20.7. The van der Waals surface area contributed by atoms with Crippen LogP contribution in [0.15, 0.2) is 53.4 Å². The molecule has 0 spiro atoms. The molecule has 0 bridgehead atoms. The molecule has 2 heterocycles. The van der Waals surface area contributed by atoms with Crippen molar-refractivity contribution < 1.29 is 9.53 Å². The SMILES string of the molecule is CCC1OC(=O)/C1=C(/c1ccccc1)c1cccs1. The summed E-state index contributed by atoms with van der Waals surface area (Å²) in [6.45, 7) is 2.04. The van der Waals surface area contributed by atoms with Crippen molar-refractivity contribution in [2.24, 2.45) is 0 Å². The maximum Gasteiger partial charge on any atom is 0.339 e. The van der Waals surface area contributed by atoms with E-state index >= 15 is 0 Å². The van der Waals surface area contributed by atoms with Crippen LogP contribution in [-0.2, 0) is 9.53 Å². The fraction of sp³-hybridized carbons (Fsp3) is 0.188. The third kappa shape index (κ3) is 2.10. The number of rotatable bonds is 3. The highest BCUT2D eigenvalue weighted by Crippen LogP contribution is 2.37. The van der Waals surface area contributed by atoms with Gasteiger partial charge in [-0.1, -0.05) is 43.3 Å². The summed E-state index contributed by atoms with van der Waals surface area (Å²) in [6, 6.07) is 14.1. The van der Waals surface area contributed by atoms with E-state index in [0.717, 1.165) is 28.0 Å². The molecule has 0 radical (unpaired) electrons. The Morgan fingerprint density at radius 3 is 2.58 bits per heavy atom. The predicted molar refractivity (Wildman–Crippen MR) is 77.0 cm³/mol. The van der Waals surface area contributed by atoms with E-state index in [9.17, 15) is 4.79 Å². The first-order chi connectivity index (χ1) is 9.31. The molecule has 96 valence electrons. The number of cyclic esters (lactones) is 1. The van der Waals surface area contributed by atoms with E-state index in [4.69, 9.17) is 4.74 Å². The van der Waals surface area contributed by atoms with E-state index in [0.29, 0.717) is 0 Å². The molecule has 3 rings (SSSR count). The van der Waals surface area contributed by atoms with Gasteiger partial charge in [-0.05, 0) is 23.4 Å². The van der Waals surface area contributed by atoms with Gasteiger partial charge >= 0.3 is 5.97 Å². The average Bonchev–Trinajstić information content (AvgIpc) is 2.96. The van der Waals surface area contributed by atoms with Gasteiger partial charge < -0.3 is 4.74 Å². The van der Waals surface area contributed by atoms with Crippen molar-refractivity contribution in [2.45, 2.75) is 19.4 Å². The minimum atomic E-state index is -0.181. The molecule has 1 atom stereocenters. The summed E-state index contributed by atoms with van der Waals surface area (Å²) in [6.07, 6.45) is 0.757. The fourth-order valence-corrected chi connectivity index (χ4v) is 3.14. The van der Waals surface area contributed by atoms with E-state index < -0.39 is 0 Å². The summed E-state index contributed by atoms with van der Waals surface area (Å²) in [7, 11) is 0. The van der Waals surface area contributed by atoms with Crippen LogP contribution in [0, 0.1) is 0 Å². The summed E-state index contributed by atoms with van der Waals surface area (Å²) in [5.74, 6) is -0.181. The van der Waals surface area contributed by atoms with Gasteiger partial charge in [-0.2, -0.15) is 0 Å². The van der Waals surface area contributed by atoms with E-state index in [-0.39, 0.29) is 12.1 Å². The Hall–Kier alpha value is -1.87. The number of esters is 1. The van der Waals surface area contributed by atoms with Gasteiger partial charge in [0.2, 0.25) is 0 Å². The molecule has 1 saturated heterocycles. The molecular weight excluding hydrogens is 256 g/mol. The molecule has 1 fully saturated rings. The highest BCUT2D eigenvalue weighted by atomic mass is 32.1. The van der Waals surface area contributed by atoms with Crippen LogP contribution in [0.25, 0.3) is 5.57 Å². The van der Waals surface area contributed by atoms with Crippen molar-refractivity contribution >= 4 is 22.9 Å². The highest BCUT2D eigenvalue weighted by Gasteiger charge is 2.38. The Kier molecular flexibility index (Phi) is 3.22. The zero-order chi connectivity index (χ0) is 13.2. The summed E-state index contributed by atoms with van der Waals surface area (Å²) >= 11 is 1.65. The lowest BCUT2D eigenvalue weighted by atomic mass is 9.91. The maximum atomic E-state index is 11.8. The molecule has 19 heavy (non-hydrogen) atoms. The largest absolute Gasteiger partial charge is 0.454 e. The average molecular weight is 270 g/mol. The second kappa shape index (κ2) is 5.02. The van der Waals surface area contributed by atoms with Crippen molar-refractivity contribution in [1.29, 1.82) is 0 Å². The van der Waals surface area contributed by atoms with Crippen molar-refractivity contribution in [2.75, 3.05) is 0 Å². The highest BCUT2D eigenvalue weighted by molar-refractivity contribution is 7.11. The number of carbonyl (C=O) groups excluding carboxylic acids is 1. The van der Waals surface area contributed by atoms with Crippen LogP contribution in [0.5, 0.6) is 0 Å². The molecule has 0 amide bonds.